The molecular weight excluding hydrogens is 429 g/mol. The summed E-state index contributed by atoms with van der Waals surface area (Å²) in [7, 11) is 0. The summed E-state index contributed by atoms with van der Waals surface area (Å²) in [6, 6.07) is 6.02. The zero-order valence-electron chi connectivity index (χ0n) is 17.8. The predicted molar refractivity (Wildman–Crippen MR) is 123 cm³/mol. The summed E-state index contributed by atoms with van der Waals surface area (Å²) in [6.07, 6.45) is 4.25. The fraction of sp³-hybridized carbons (Fsp3) is 0.348. The molecule has 1 aromatic carbocycles. The summed E-state index contributed by atoms with van der Waals surface area (Å²) in [5.41, 5.74) is 0.629. The van der Waals surface area contributed by atoms with Gasteiger partial charge in [-0.3, -0.25) is 14.5 Å². The van der Waals surface area contributed by atoms with E-state index in [0.29, 0.717) is 36.3 Å². The monoisotopic (exact) mass is 451 g/mol. The normalized spacial score (nSPS) is 16.8. The first kappa shape index (κ1) is 21.8. The van der Waals surface area contributed by atoms with Gasteiger partial charge in [-0.1, -0.05) is 13.5 Å². The number of aromatic nitrogens is 1. The molecule has 1 N–H and O–H groups in total. The fourth-order valence-corrected chi connectivity index (χ4v) is 4.63. The van der Waals surface area contributed by atoms with Gasteiger partial charge in [0.2, 0.25) is 0 Å². The molecule has 1 aromatic heterocycles. The molecule has 0 bridgehead atoms. The lowest BCUT2D eigenvalue weighted by molar-refractivity contribution is -0.123. The molecule has 7 nitrogen and oxygen atoms in total. The average molecular weight is 452 g/mol. The van der Waals surface area contributed by atoms with E-state index < -0.39 is 17.3 Å². The molecule has 1 saturated heterocycles. The van der Waals surface area contributed by atoms with E-state index in [1.165, 1.54) is 23.2 Å². The van der Waals surface area contributed by atoms with Gasteiger partial charge in [0.05, 0.1) is 11.3 Å². The van der Waals surface area contributed by atoms with Crippen LogP contribution in [0, 0.1) is 19.3 Å². The Hall–Kier alpha value is -3.38. The van der Waals surface area contributed by atoms with Gasteiger partial charge in [0, 0.05) is 12.2 Å². The molecule has 2 fully saturated rings. The number of hydrogen-bond donors (Lipinski definition) is 1. The van der Waals surface area contributed by atoms with Crippen LogP contribution in [0.3, 0.4) is 0 Å². The second-order valence-corrected chi connectivity index (χ2v) is 8.37. The standard InChI is InChI=1S/C23H22FN5O2S/c1-4-10-26-20(30)17-7-6-15(12-18(17)24)29-22(32)28(21(31)23(29)8-5-9-23)16-11-14(2)19(25-3)27-13-16/h6-7,11-13H,4-5,8-10H2,1-2H3,(H,26,30). The van der Waals surface area contributed by atoms with Crippen molar-refractivity contribution in [2.45, 2.75) is 45.1 Å². The zero-order valence-corrected chi connectivity index (χ0v) is 18.6. The number of halogens is 1. The second kappa shape index (κ2) is 8.28. The molecule has 32 heavy (non-hydrogen) atoms. The number of anilines is 2. The Morgan fingerprint density at radius 1 is 1.34 bits per heavy atom. The van der Waals surface area contributed by atoms with Gasteiger partial charge in [-0.05, 0) is 74.7 Å². The SMILES string of the molecule is [C-]#[N+]c1ncc(N2C(=O)C3(CCC3)N(c3ccc(C(=O)NCCC)c(F)c3)C2=S)cc1C. The number of aryl methyl sites for hydroxylation is 1. The summed E-state index contributed by atoms with van der Waals surface area (Å²) >= 11 is 5.68. The van der Waals surface area contributed by atoms with Crippen molar-refractivity contribution in [3.8, 4) is 0 Å². The number of nitrogens with one attached hydrogen (secondary N) is 1. The van der Waals surface area contributed by atoms with Crippen LogP contribution in [0.25, 0.3) is 4.85 Å². The maximum Gasteiger partial charge on any atom is 0.272 e. The molecule has 2 aliphatic rings. The molecule has 0 unspecified atom stereocenters. The Bertz CT molecular complexity index is 1170. The van der Waals surface area contributed by atoms with Gasteiger partial charge < -0.3 is 15.1 Å². The summed E-state index contributed by atoms with van der Waals surface area (Å²) < 4.78 is 14.9. The predicted octanol–water partition coefficient (Wildman–Crippen LogP) is 4.28. The summed E-state index contributed by atoms with van der Waals surface area (Å²) in [5, 5.41) is 2.90. The highest BCUT2D eigenvalue weighted by Crippen LogP contribution is 2.48. The molecule has 1 spiro atoms. The first-order valence-corrected chi connectivity index (χ1v) is 10.9. The van der Waals surface area contributed by atoms with E-state index in [1.807, 2.05) is 6.92 Å². The van der Waals surface area contributed by atoms with Crippen molar-refractivity contribution in [3.63, 3.8) is 0 Å². The molecule has 0 radical (unpaired) electrons. The third-order valence-electron chi connectivity index (χ3n) is 5.98. The molecule has 4 rings (SSSR count). The van der Waals surface area contributed by atoms with Gasteiger partial charge in [-0.25, -0.2) is 4.39 Å². The van der Waals surface area contributed by atoms with Gasteiger partial charge in [0.15, 0.2) is 5.11 Å². The molecule has 164 valence electrons. The lowest BCUT2D eigenvalue weighted by Crippen LogP contribution is -2.55. The molecule has 2 amide bonds. The van der Waals surface area contributed by atoms with Crippen molar-refractivity contribution in [2.75, 3.05) is 16.3 Å². The minimum atomic E-state index is -0.873. The average Bonchev–Trinajstić information content (AvgIpc) is 2.98. The van der Waals surface area contributed by atoms with Crippen molar-refractivity contribution in [3.05, 3.63) is 58.8 Å². The number of benzene rings is 1. The highest BCUT2D eigenvalue weighted by molar-refractivity contribution is 7.81. The Labute approximate surface area is 191 Å². The van der Waals surface area contributed by atoms with Crippen LogP contribution in [0.15, 0.2) is 30.5 Å². The Morgan fingerprint density at radius 2 is 2.09 bits per heavy atom. The van der Waals surface area contributed by atoms with Crippen molar-refractivity contribution >= 4 is 46.3 Å². The van der Waals surface area contributed by atoms with Gasteiger partial charge >= 0.3 is 0 Å². The minimum absolute atomic E-state index is 0.0484. The third kappa shape index (κ3) is 3.31. The third-order valence-corrected chi connectivity index (χ3v) is 6.35. The van der Waals surface area contributed by atoms with E-state index in [-0.39, 0.29) is 22.4 Å². The maximum atomic E-state index is 14.9. The summed E-state index contributed by atoms with van der Waals surface area (Å²) in [6.45, 7) is 11.3. The number of pyridine rings is 1. The van der Waals surface area contributed by atoms with E-state index in [1.54, 1.807) is 24.0 Å². The van der Waals surface area contributed by atoms with E-state index in [4.69, 9.17) is 18.8 Å². The number of carbonyl (C=O) groups excluding carboxylic acids is 2. The lowest BCUT2D eigenvalue weighted by atomic mass is 9.75. The van der Waals surface area contributed by atoms with E-state index in [2.05, 4.69) is 15.1 Å². The fourth-order valence-electron chi connectivity index (χ4n) is 4.16. The molecule has 2 heterocycles. The van der Waals surface area contributed by atoms with Gasteiger partial charge in [-0.15, -0.1) is 4.98 Å². The quantitative estimate of drug-likeness (QED) is 0.543. The van der Waals surface area contributed by atoms with Crippen molar-refractivity contribution < 1.29 is 14.0 Å². The molecule has 2 aromatic rings. The minimum Gasteiger partial charge on any atom is -0.360 e. The van der Waals surface area contributed by atoms with Crippen molar-refractivity contribution in [1.29, 1.82) is 0 Å². The second-order valence-electron chi connectivity index (χ2n) is 8.01. The number of nitrogens with zero attached hydrogens (tertiary/aromatic N) is 4. The van der Waals surface area contributed by atoms with Crippen LogP contribution in [0.5, 0.6) is 0 Å². The smallest absolute Gasteiger partial charge is 0.272 e. The van der Waals surface area contributed by atoms with Crippen molar-refractivity contribution in [1.82, 2.24) is 10.3 Å². The summed E-state index contributed by atoms with van der Waals surface area (Å²) in [4.78, 5) is 36.3. The van der Waals surface area contributed by atoms with Crippen LogP contribution in [-0.4, -0.2) is 34.0 Å². The molecule has 0 atom stereocenters. The topological polar surface area (TPSA) is 69.9 Å². The van der Waals surface area contributed by atoms with Crippen LogP contribution in [-0.2, 0) is 4.79 Å². The van der Waals surface area contributed by atoms with Crippen LogP contribution in [0.4, 0.5) is 21.6 Å². The zero-order chi connectivity index (χ0) is 23.0. The molecule has 1 saturated carbocycles. The largest absolute Gasteiger partial charge is 0.360 e. The number of thiocarbonyl (C=S) groups is 1. The van der Waals surface area contributed by atoms with Gasteiger partial charge in [0.25, 0.3) is 17.6 Å². The molecule has 9 heteroatoms. The molecular formula is C23H22FN5O2S. The Morgan fingerprint density at radius 3 is 2.66 bits per heavy atom. The van der Waals surface area contributed by atoms with Crippen LogP contribution < -0.4 is 15.1 Å². The van der Waals surface area contributed by atoms with Gasteiger partial charge in [0.1, 0.15) is 17.6 Å². The number of amides is 2. The number of hydrogen-bond acceptors (Lipinski definition) is 4. The highest BCUT2D eigenvalue weighted by atomic mass is 32.1. The lowest BCUT2D eigenvalue weighted by Gasteiger charge is -2.43. The Kier molecular flexibility index (Phi) is 5.65. The highest BCUT2D eigenvalue weighted by Gasteiger charge is 2.59. The van der Waals surface area contributed by atoms with E-state index in [9.17, 15) is 14.0 Å². The number of carbonyl (C=O) groups is 2. The molecule has 1 aliphatic carbocycles. The number of rotatable bonds is 5. The Balaban J connectivity index is 1.71. The van der Waals surface area contributed by atoms with Gasteiger partial charge in [-0.2, -0.15) is 0 Å². The van der Waals surface area contributed by atoms with Crippen molar-refractivity contribution in [2.24, 2.45) is 0 Å². The van der Waals surface area contributed by atoms with Crippen LogP contribution in [0.1, 0.15) is 48.5 Å². The first-order valence-electron chi connectivity index (χ1n) is 10.4. The maximum absolute atomic E-state index is 14.9. The van der Waals surface area contributed by atoms with E-state index in [0.717, 1.165) is 12.8 Å². The first-order chi connectivity index (χ1) is 15.3. The van der Waals surface area contributed by atoms with Crippen LogP contribution >= 0.6 is 12.2 Å². The summed E-state index contributed by atoms with van der Waals surface area (Å²) in [5.74, 6) is -1.06. The van der Waals surface area contributed by atoms with E-state index >= 15 is 0 Å². The van der Waals surface area contributed by atoms with Crippen LogP contribution in [0.2, 0.25) is 0 Å². The molecule has 1 aliphatic heterocycles.